The van der Waals surface area contributed by atoms with E-state index in [1.54, 1.807) is 17.0 Å². The molecule has 2 saturated heterocycles. The lowest BCUT2D eigenvalue weighted by atomic mass is 9.76. The van der Waals surface area contributed by atoms with Crippen molar-refractivity contribution < 1.29 is 23.6 Å². The van der Waals surface area contributed by atoms with Crippen LogP contribution in [0.15, 0.2) is 60.7 Å². The highest BCUT2D eigenvalue weighted by Crippen LogP contribution is 2.42. The number of ether oxygens (including phenoxy) is 1. The Kier molecular flexibility index (Phi) is 7.87. The van der Waals surface area contributed by atoms with Crippen molar-refractivity contribution in [1.82, 2.24) is 10.2 Å². The summed E-state index contributed by atoms with van der Waals surface area (Å²) in [6, 6.07) is 16.5. The summed E-state index contributed by atoms with van der Waals surface area (Å²) in [6.45, 7) is 3.38. The summed E-state index contributed by atoms with van der Waals surface area (Å²) in [6.07, 6.45) is 2.01. The third-order valence-corrected chi connectivity index (χ3v) is 8.19. The Morgan fingerprint density at radius 2 is 1.88 bits per heavy atom. The van der Waals surface area contributed by atoms with Crippen molar-refractivity contribution in [2.75, 3.05) is 26.2 Å². The molecule has 1 atom stereocenters. The molecule has 2 heterocycles. The van der Waals surface area contributed by atoms with Gasteiger partial charge in [-0.25, -0.2) is 4.39 Å². The average Bonchev–Trinajstić information content (AvgIpc) is 3.35. The van der Waals surface area contributed by atoms with Crippen LogP contribution in [0.5, 0.6) is 0 Å². The minimum Gasteiger partial charge on any atom is -0.376 e. The number of nitrogens with zero attached hydrogens (tertiary/aromatic N) is 2. The predicted octanol–water partition coefficient (Wildman–Crippen LogP) is 5.80. The molecule has 3 aromatic carbocycles. The van der Waals surface area contributed by atoms with Gasteiger partial charge in [-0.1, -0.05) is 48.0 Å². The van der Waals surface area contributed by atoms with E-state index in [2.05, 4.69) is 5.32 Å². The van der Waals surface area contributed by atoms with Gasteiger partial charge in [-0.05, 0) is 55.4 Å². The fourth-order valence-electron chi connectivity index (χ4n) is 5.63. The van der Waals surface area contributed by atoms with Crippen molar-refractivity contribution >= 4 is 29.1 Å². The maximum Gasteiger partial charge on any atom is 0.274 e. The number of carbonyl (C=O) groups is 2. The van der Waals surface area contributed by atoms with Gasteiger partial charge in [0.2, 0.25) is 0 Å². The molecule has 2 amide bonds. The van der Waals surface area contributed by atoms with Crippen molar-refractivity contribution in [1.29, 1.82) is 0 Å². The molecule has 208 valence electrons. The molecule has 3 aromatic rings. The van der Waals surface area contributed by atoms with Crippen LogP contribution >= 0.6 is 11.6 Å². The number of carbonyl (C=O) groups excluding carboxylic acids is 2. The van der Waals surface area contributed by atoms with Crippen molar-refractivity contribution in [2.45, 2.75) is 32.3 Å². The fraction of sp³-hybridized carbons (Fsp3) is 0.333. The predicted molar refractivity (Wildman–Crippen MR) is 149 cm³/mol. The van der Waals surface area contributed by atoms with E-state index in [1.807, 2.05) is 30.3 Å². The van der Waals surface area contributed by atoms with E-state index in [0.29, 0.717) is 30.8 Å². The molecule has 10 heteroatoms. The highest BCUT2D eigenvalue weighted by atomic mass is 35.5. The SMILES string of the molecule is Cc1c(C(=O)NCC2CC3(CCN(C(=O)c4ccc(-c5ccccc5)c(F)c4)CC3)CO2)cc(Cl)cc1[N+](=O)[O-]. The molecule has 1 N–H and O–H groups in total. The molecule has 2 aliphatic heterocycles. The Morgan fingerprint density at radius 3 is 2.55 bits per heavy atom. The summed E-state index contributed by atoms with van der Waals surface area (Å²) in [4.78, 5) is 38.4. The van der Waals surface area contributed by atoms with Crippen LogP contribution in [-0.4, -0.2) is 54.0 Å². The van der Waals surface area contributed by atoms with Gasteiger partial charge in [0.1, 0.15) is 5.82 Å². The average molecular weight is 566 g/mol. The number of halogens is 2. The maximum atomic E-state index is 14.8. The monoisotopic (exact) mass is 565 g/mol. The van der Waals surface area contributed by atoms with Gasteiger partial charge in [-0.2, -0.15) is 0 Å². The maximum absolute atomic E-state index is 14.8. The minimum atomic E-state index is -0.560. The molecule has 40 heavy (non-hydrogen) atoms. The smallest absolute Gasteiger partial charge is 0.274 e. The Labute approximate surface area is 236 Å². The molecule has 2 aliphatic rings. The number of nitro benzene ring substituents is 1. The van der Waals surface area contributed by atoms with E-state index in [9.17, 15) is 24.1 Å². The van der Waals surface area contributed by atoms with Gasteiger partial charge in [0, 0.05) is 47.4 Å². The molecule has 0 bridgehead atoms. The molecule has 2 fully saturated rings. The number of amides is 2. The molecule has 1 unspecified atom stereocenters. The van der Waals surface area contributed by atoms with Crippen LogP contribution in [-0.2, 0) is 4.74 Å². The molecule has 5 rings (SSSR count). The van der Waals surface area contributed by atoms with Gasteiger partial charge < -0.3 is 15.0 Å². The van der Waals surface area contributed by atoms with Gasteiger partial charge in [0.25, 0.3) is 17.5 Å². The molecule has 8 nitrogen and oxygen atoms in total. The van der Waals surface area contributed by atoms with Crippen LogP contribution < -0.4 is 5.32 Å². The van der Waals surface area contributed by atoms with Crippen molar-refractivity contribution in [2.24, 2.45) is 5.41 Å². The van der Waals surface area contributed by atoms with Crippen LogP contribution in [0.3, 0.4) is 0 Å². The van der Waals surface area contributed by atoms with E-state index in [4.69, 9.17) is 16.3 Å². The number of rotatable bonds is 6. The van der Waals surface area contributed by atoms with Crippen LogP contribution in [0, 0.1) is 28.3 Å². The Bertz CT molecular complexity index is 1460. The number of hydrogen-bond acceptors (Lipinski definition) is 5. The zero-order chi connectivity index (χ0) is 28.4. The highest BCUT2D eigenvalue weighted by Gasteiger charge is 2.43. The standard InChI is InChI=1S/C30H29ClFN3O5/c1-19-25(14-22(31)15-27(19)35(38)39)28(36)33-17-23-16-30(18-40-23)9-11-34(12-10-30)29(37)21-7-8-24(26(32)13-21)20-5-3-2-4-6-20/h2-8,13-15,23H,9-12,16-18H2,1H3,(H,33,36). The Balaban J connectivity index is 1.15. The van der Waals surface area contributed by atoms with E-state index < -0.39 is 16.6 Å². The number of benzene rings is 3. The van der Waals surface area contributed by atoms with Crippen LogP contribution in [0.4, 0.5) is 10.1 Å². The van der Waals surface area contributed by atoms with Gasteiger partial charge in [-0.3, -0.25) is 19.7 Å². The summed E-state index contributed by atoms with van der Waals surface area (Å²) in [7, 11) is 0. The lowest BCUT2D eigenvalue weighted by molar-refractivity contribution is -0.385. The second-order valence-electron chi connectivity index (χ2n) is 10.6. The van der Waals surface area contributed by atoms with Crippen LogP contribution in [0.1, 0.15) is 45.5 Å². The van der Waals surface area contributed by atoms with Gasteiger partial charge in [0.05, 0.1) is 23.2 Å². The van der Waals surface area contributed by atoms with Crippen molar-refractivity contribution in [3.8, 4) is 11.1 Å². The van der Waals surface area contributed by atoms with E-state index in [0.717, 1.165) is 24.8 Å². The zero-order valence-corrected chi connectivity index (χ0v) is 22.7. The first kappa shape index (κ1) is 27.7. The first-order chi connectivity index (χ1) is 19.2. The molecule has 1 spiro atoms. The van der Waals surface area contributed by atoms with Crippen molar-refractivity contribution in [3.63, 3.8) is 0 Å². The Hall–Kier alpha value is -3.82. The molecule has 0 radical (unpaired) electrons. The van der Waals surface area contributed by atoms with E-state index in [1.165, 1.54) is 25.1 Å². The van der Waals surface area contributed by atoms with E-state index in [-0.39, 0.29) is 45.8 Å². The molecule has 0 aromatic heterocycles. The highest BCUT2D eigenvalue weighted by molar-refractivity contribution is 6.31. The second kappa shape index (κ2) is 11.3. The molecule has 0 saturated carbocycles. The summed E-state index contributed by atoms with van der Waals surface area (Å²) < 4.78 is 20.8. The topological polar surface area (TPSA) is 102 Å². The normalized spacial score (nSPS) is 18.1. The quantitative estimate of drug-likeness (QED) is 0.300. The lowest BCUT2D eigenvalue weighted by Gasteiger charge is -2.38. The van der Waals surface area contributed by atoms with Gasteiger partial charge in [-0.15, -0.1) is 0 Å². The van der Waals surface area contributed by atoms with Gasteiger partial charge in [0.15, 0.2) is 0 Å². The first-order valence-corrected chi connectivity index (χ1v) is 13.5. The van der Waals surface area contributed by atoms with Crippen LogP contribution in [0.2, 0.25) is 5.02 Å². The number of piperidine rings is 1. The Morgan fingerprint density at radius 1 is 1.15 bits per heavy atom. The molecular formula is C30H29ClFN3O5. The number of likely N-dealkylation sites (tertiary alicyclic amines) is 1. The number of nitro groups is 1. The van der Waals surface area contributed by atoms with E-state index >= 15 is 0 Å². The zero-order valence-electron chi connectivity index (χ0n) is 22.0. The number of hydrogen-bond donors (Lipinski definition) is 1. The third-order valence-electron chi connectivity index (χ3n) is 7.97. The molecular weight excluding hydrogens is 537 g/mol. The number of nitrogens with one attached hydrogen (secondary N) is 1. The summed E-state index contributed by atoms with van der Waals surface area (Å²) in [5, 5.41) is 14.2. The van der Waals surface area contributed by atoms with Crippen molar-refractivity contribution in [3.05, 3.63) is 98.3 Å². The second-order valence-corrected chi connectivity index (χ2v) is 11.0. The first-order valence-electron chi connectivity index (χ1n) is 13.1. The summed E-state index contributed by atoms with van der Waals surface area (Å²) >= 11 is 5.99. The fourth-order valence-corrected chi connectivity index (χ4v) is 5.85. The summed E-state index contributed by atoms with van der Waals surface area (Å²) in [5.74, 6) is -1.07. The minimum absolute atomic E-state index is 0.0979. The third kappa shape index (κ3) is 5.71. The molecule has 0 aliphatic carbocycles. The largest absolute Gasteiger partial charge is 0.376 e. The lowest BCUT2D eigenvalue weighted by Crippen LogP contribution is -2.43. The van der Waals surface area contributed by atoms with Gasteiger partial charge >= 0.3 is 0 Å². The summed E-state index contributed by atoms with van der Waals surface area (Å²) in [5.41, 5.74) is 1.65. The van der Waals surface area contributed by atoms with Crippen LogP contribution in [0.25, 0.3) is 11.1 Å².